The first-order valence-corrected chi connectivity index (χ1v) is 10.3. The van der Waals surface area contributed by atoms with Crippen molar-refractivity contribution in [3.05, 3.63) is 75.9 Å². The van der Waals surface area contributed by atoms with E-state index >= 15 is 0 Å². The summed E-state index contributed by atoms with van der Waals surface area (Å²) in [5.41, 5.74) is 3.22. The molecule has 1 heterocycles. The number of rotatable bonds is 7. The monoisotopic (exact) mass is 437 g/mol. The summed E-state index contributed by atoms with van der Waals surface area (Å²) in [4.78, 5) is 39.2. The molecule has 2 aromatic rings. The molecular formula is C25H27NO6. The van der Waals surface area contributed by atoms with Crippen LogP contribution in [0.5, 0.6) is 0 Å². The van der Waals surface area contributed by atoms with Crippen molar-refractivity contribution in [3.8, 4) is 0 Å². The van der Waals surface area contributed by atoms with Crippen molar-refractivity contribution in [2.45, 2.75) is 26.3 Å². The molecule has 7 heteroatoms. The zero-order chi connectivity index (χ0) is 23.4. The topological polar surface area (TPSA) is 93.1 Å². The molecule has 1 unspecified atom stereocenters. The van der Waals surface area contributed by atoms with Gasteiger partial charge in [-0.25, -0.2) is 4.79 Å². The maximum Gasteiger partial charge on any atom is 0.337 e. The summed E-state index contributed by atoms with van der Waals surface area (Å²) in [5, 5.41) is 11.2. The van der Waals surface area contributed by atoms with Gasteiger partial charge < -0.3 is 19.5 Å². The Morgan fingerprint density at radius 3 is 2.38 bits per heavy atom. The van der Waals surface area contributed by atoms with Crippen molar-refractivity contribution >= 4 is 23.4 Å². The third-order valence-corrected chi connectivity index (χ3v) is 5.58. The number of ether oxygens (including phenoxy) is 2. The zero-order valence-electron chi connectivity index (χ0n) is 18.7. The lowest BCUT2D eigenvalue weighted by molar-refractivity contribution is -0.140. The molecule has 0 aromatic heterocycles. The SMILES string of the molecule is COCCCN1C(=O)C(=O)C(=C(O)c2cc(C)ccc2C)C1c1ccc(C(=O)OC)cc1. The molecule has 7 nitrogen and oxygen atoms in total. The van der Waals surface area contributed by atoms with E-state index in [1.807, 2.05) is 26.0 Å². The van der Waals surface area contributed by atoms with Crippen molar-refractivity contribution < 1.29 is 29.0 Å². The number of ketones is 1. The first-order chi connectivity index (χ1) is 15.3. The second-order valence-electron chi connectivity index (χ2n) is 7.77. The normalized spacial score (nSPS) is 17.6. The molecule has 1 saturated heterocycles. The van der Waals surface area contributed by atoms with Gasteiger partial charge in [0.05, 0.1) is 24.3 Å². The summed E-state index contributed by atoms with van der Waals surface area (Å²) in [7, 11) is 2.86. The largest absolute Gasteiger partial charge is 0.507 e. The number of likely N-dealkylation sites (tertiary alicyclic amines) is 1. The van der Waals surface area contributed by atoms with Crippen LogP contribution < -0.4 is 0 Å². The number of aliphatic hydroxyl groups excluding tert-OH is 1. The molecule has 1 fully saturated rings. The smallest absolute Gasteiger partial charge is 0.337 e. The Kier molecular flexibility index (Phi) is 7.10. The number of hydrogen-bond donors (Lipinski definition) is 1. The van der Waals surface area contributed by atoms with Gasteiger partial charge in [0.25, 0.3) is 11.7 Å². The highest BCUT2D eigenvalue weighted by molar-refractivity contribution is 6.46. The molecule has 0 spiro atoms. The van der Waals surface area contributed by atoms with Crippen LogP contribution in [0.2, 0.25) is 0 Å². The Morgan fingerprint density at radius 2 is 1.75 bits per heavy atom. The van der Waals surface area contributed by atoms with Crippen molar-refractivity contribution in [2.24, 2.45) is 0 Å². The number of carbonyl (C=O) groups excluding carboxylic acids is 3. The lowest BCUT2D eigenvalue weighted by atomic mass is 9.93. The highest BCUT2D eigenvalue weighted by Crippen LogP contribution is 2.40. The van der Waals surface area contributed by atoms with Crippen molar-refractivity contribution in [3.63, 3.8) is 0 Å². The Morgan fingerprint density at radius 1 is 1.06 bits per heavy atom. The molecule has 1 N–H and O–H groups in total. The summed E-state index contributed by atoms with van der Waals surface area (Å²) in [6, 6.07) is 11.3. The third kappa shape index (κ3) is 4.43. The van der Waals surface area contributed by atoms with Crippen LogP contribution >= 0.6 is 0 Å². The lowest BCUT2D eigenvalue weighted by Crippen LogP contribution is -2.31. The van der Waals surface area contributed by atoms with E-state index < -0.39 is 23.7 Å². The maximum atomic E-state index is 13.1. The lowest BCUT2D eigenvalue weighted by Gasteiger charge is -2.25. The number of nitrogens with zero attached hydrogens (tertiary/aromatic N) is 1. The number of benzene rings is 2. The summed E-state index contributed by atoms with van der Waals surface area (Å²) >= 11 is 0. The molecule has 0 saturated carbocycles. The van der Waals surface area contributed by atoms with E-state index in [9.17, 15) is 19.5 Å². The van der Waals surface area contributed by atoms with E-state index in [1.165, 1.54) is 12.0 Å². The molecule has 0 aliphatic carbocycles. The van der Waals surface area contributed by atoms with Crippen molar-refractivity contribution in [1.82, 2.24) is 4.90 Å². The van der Waals surface area contributed by atoms with Gasteiger partial charge in [-0.3, -0.25) is 9.59 Å². The number of methoxy groups -OCH3 is 2. The van der Waals surface area contributed by atoms with E-state index in [2.05, 4.69) is 0 Å². The van der Waals surface area contributed by atoms with Crippen LogP contribution in [0, 0.1) is 13.8 Å². The number of aryl methyl sites for hydroxylation is 2. The number of esters is 1. The summed E-state index contributed by atoms with van der Waals surface area (Å²) in [6.45, 7) is 4.44. The van der Waals surface area contributed by atoms with Gasteiger partial charge in [0.1, 0.15) is 5.76 Å². The summed E-state index contributed by atoms with van der Waals surface area (Å²) in [6.07, 6.45) is 0.532. The molecule has 1 amide bonds. The average Bonchev–Trinajstić information content (AvgIpc) is 3.05. The molecule has 0 radical (unpaired) electrons. The van der Waals surface area contributed by atoms with Crippen LogP contribution in [0.3, 0.4) is 0 Å². The van der Waals surface area contributed by atoms with E-state index in [-0.39, 0.29) is 17.9 Å². The number of aliphatic hydroxyl groups is 1. The number of carbonyl (C=O) groups is 3. The molecule has 1 aliphatic heterocycles. The highest BCUT2D eigenvalue weighted by atomic mass is 16.5. The molecule has 3 rings (SSSR count). The van der Waals surface area contributed by atoms with Gasteiger partial charge in [0.2, 0.25) is 0 Å². The van der Waals surface area contributed by atoms with Gasteiger partial charge in [-0.15, -0.1) is 0 Å². The van der Waals surface area contributed by atoms with E-state index in [0.29, 0.717) is 29.7 Å². The Bertz CT molecular complexity index is 1070. The van der Waals surface area contributed by atoms with Crippen LogP contribution in [-0.2, 0) is 19.1 Å². The van der Waals surface area contributed by atoms with Crippen LogP contribution in [-0.4, -0.2) is 55.0 Å². The number of Topliss-reactive ketones (excluding diaryl/α,β-unsaturated/α-hetero) is 1. The van der Waals surface area contributed by atoms with E-state index in [1.54, 1.807) is 37.4 Å². The standard InChI is InChI=1S/C25H27NO6/c1-15-6-7-16(2)19(14-15)22(27)20-21(17-8-10-18(11-9-17)25(30)32-4)26(12-5-13-31-3)24(29)23(20)28/h6-11,14,21,27H,5,12-13H2,1-4H3. The third-order valence-electron chi connectivity index (χ3n) is 5.58. The van der Waals surface area contributed by atoms with E-state index in [4.69, 9.17) is 9.47 Å². The minimum Gasteiger partial charge on any atom is -0.507 e. The quantitative estimate of drug-likeness (QED) is 0.234. The predicted octanol–water partition coefficient (Wildman–Crippen LogP) is 3.55. The molecule has 0 bridgehead atoms. The Balaban J connectivity index is 2.15. The summed E-state index contributed by atoms with van der Waals surface area (Å²) < 4.78 is 9.84. The minimum atomic E-state index is -0.779. The second-order valence-corrected chi connectivity index (χ2v) is 7.77. The fourth-order valence-electron chi connectivity index (χ4n) is 3.89. The molecule has 168 valence electrons. The molecule has 2 aromatic carbocycles. The molecule has 1 atom stereocenters. The first kappa shape index (κ1) is 23.2. The van der Waals surface area contributed by atoms with Crippen LogP contribution in [0.4, 0.5) is 0 Å². The fraction of sp³-hybridized carbons (Fsp3) is 0.320. The van der Waals surface area contributed by atoms with Crippen LogP contribution in [0.25, 0.3) is 5.76 Å². The zero-order valence-corrected chi connectivity index (χ0v) is 18.7. The predicted molar refractivity (Wildman–Crippen MR) is 119 cm³/mol. The van der Waals surface area contributed by atoms with E-state index in [0.717, 1.165) is 11.1 Å². The number of amides is 1. The fourth-order valence-corrected chi connectivity index (χ4v) is 3.89. The maximum absolute atomic E-state index is 13.1. The van der Waals surface area contributed by atoms with Gasteiger partial charge >= 0.3 is 5.97 Å². The first-order valence-electron chi connectivity index (χ1n) is 10.3. The van der Waals surface area contributed by atoms with Gasteiger partial charge in [0.15, 0.2) is 0 Å². The summed E-state index contributed by atoms with van der Waals surface area (Å²) in [5.74, 6) is -2.10. The van der Waals surface area contributed by atoms with Gasteiger partial charge in [-0.05, 0) is 49.6 Å². The number of hydrogen-bond acceptors (Lipinski definition) is 6. The van der Waals surface area contributed by atoms with Crippen molar-refractivity contribution in [2.75, 3.05) is 27.4 Å². The average molecular weight is 437 g/mol. The Labute approximate surface area is 187 Å². The minimum absolute atomic E-state index is 0.0342. The highest BCUT2D eigenvalue weighted by Gasteiger charge is 2.45. The second kappa shape index (κ2) is 9.78. The van der Waals surface area contributed by atoms with Crippen molar-refractivity contribution in [1.29, 1.82) is 0 Å². The van der Waals surface area contributed by atoms with Crippen LogP contribution in [0.15, 0.2) is 48.0 Å². The van der Waals surface area contributed by atoms with Gasteiger partial charge in [-0.1, -0.05) is 29.8 Å². The molecular weight excluding hydrogens is 410 g/mol. The molecule has 32 heavy (non-hydrogen) atoms. The molecule has 1 aliphatic rings. The van der Waals surface area contributed by atoms with Gasteiger partial charge in [-0.2, -0.15) is 0 Å². The Hall–Kier alpha value is -3.45. The van der Waals surface area contributed by atoms with Crippen LogP contribution in [0.1, 0.15) is 45.1 Å². The van der Waals surface area contributed by atoms with Gasteiger partial charge in [0, 0.05) is 25.8 Å².